The van der Waals surface area contributed by atoms with E-state index < -0.39 is 0 Å². The van der Waals surface area contributed by atoms with Gasteiger partial charge in [0.25, 0.3) is 0 Å². The van der Waals surface area contributed by atoms with Crippen LogP contribution in [-0.4, -0.2) is 6.10 Å². The van der Waals surface area contributed by atoms with E-state index in [0.717, 1.165) is 16.1 Å². The molecule has 70 valence electrons. The summed E-state index contributed by atoms with van der Waals surface area (Å²) < 4.78 is 5.49. The molecular weight excluding hydrogens is 186 g/mol. The minimum atomic E-state index is -0.0533. The lowest BCUT2D eigenvalue weighted by Gasteiger charge is -2.29. The number of benzene rings is 1. The number of ether oxygens (including phenoxy) is 1. The quantitative estimate of drug-likeness (QED) is 0.693. The molecule has 0 amide bonds. The lowest BCUT2D eigenvalue weighted by Crippen LogP contribution is -2.31. The van der Waals surface area contributed by atoms with Crippen molar-refractivity contribution in [2.24, 2.45) is 5.73 Å². The van der Waals surface area contributed by atoms with E-state index >= 15 is 0 Å². The third-order valence-electron chi connectivity index (χ3n) is 2.51. The second-order valence-electron chi connectivity index (χ2n) is 3.35. The Balaban J connectivity index is 2.49. The van der Waals surface area contributed by atoms with Crippen molar-refractivity contribution in [2.45, 2.75) is 25.7 Å². The predicted octanol–water partition coefficient (Wildman–Crippen LogP) is 2.26. The SMILES string of the molecule is C[C@@H]1OCc2c(Cl)cccc2[C@@H]1N. The first-order chi connectivity index (χ1) is 6.20. The van der Waals surface area contributed by atoms with Crippen LogP contribution in [0.4, 0.5) is 0 Å². The number of halogens is 1. The van der Waals surface area contributed by atoms with Gasteiger partial charge >= 0.3 is 0 Å². The average Bonchev–Trinajstić information content (AvgIpc) is 2.12. The summed E-state index contributed by atoms with van der Waals surface area (Å²) >= 11 is 6.02. The molecule has 0 bridgehead atoms. The fourth-order valence-corrected chi connectivity index (χ4v) is 1.85. The van der Waals surface area contributed by atoms with Gasteiger partial charge in [0.1, 0.15) is 0 Å². The van der Waals surface area contributed by atoms with E-state index in [-0.39, 0.29) is 12.1 Å². The second-order valence-corrected chi connectivity index (χ2v) is 3.76. The predicted molar refractivity (Wildman–Crippen MR) is 52.6 cm³/mol. The van der Waals surface area contributed by atoms with E-state index in [2.05, 4.69) is 0 Å². The third-order valence-corrected chi connectivity index (χ3v) is 2.86. The van der Waals surface area contributed by atoms with Crippen molar-refractivity contribution in [3.63, 3.8) is 0 Å². The van der Waals surface area contributed by atoms with E-state index in [4.69, 9.17) is 22.1 Å². The number of hydrogen-bond donors (Lipinski definition) is 1. The molecule has 0 saturated carbocycles. The molecular formula is C10H12ClNO. The summed E-state index contributed by atoms with van der Waals surface area (Å²) in [4.78, 5) is 0. The zero-order chi connectivity index (χ0) is 9.42. The van der Waals surface area contributed by atoms with Gasteiger partial charge in [-0.05, 0) is 18.6 Å². The Morgan fingerprint density at radius 1 is 1.54 bits per heavy atom. The number of hydrogen-bond acceptors (Lipinski definition) is 2. The van der Waals surface area contributed by atoms with E-state index in [0.29, 0.717) is 6.61 Å². The number of nitrogens with two attached hydrogens (primary N) is 1. The molecule has 0 spiro atoms. The third kappa shape index (κ3) is 1.46. The molecule has 13 heavy (non-hydrogen) atoms. The molecule has 2 rings (SSSR count). The second kappa shape index (κ2) is 3.29. The summed E-state index contributed by atoms with van der Waals surface area (Å²) in [7, 11) is 0. The normalized spacial score (nSPS) is 27.0. The molecule has 1 heterocycles. The zero-order valence-corrected chi connectivity index (χ0v) is 8.21. The summed E-state index contributed by atoms with van der Waals surface area (Å²) in [6, 6.07) is 5.76. The molecule has 2 N–H and O–H groups in total. The van der Waals surface area contributed by atoms with Crippen molar-refractivity contribution >= 4 is 11.6 Å². The van der Waals surface area contributed by atoms with Gasteiger partial charge in [-0.15, -0.1) is 0 Å². The van der Waals surface area contributed by atoms with Crippen LogP contribution in [0.15, 0.2) is 18.2 Å². The van der Waals surface area contributed by atoms with E-state index in [9.17, 15) is 0 Å². The van der Waals surface area contributed by atoms with Crippen LogP contribution in [0.3, 0.4) is 0 Å². The average molecular weight is 198 g/mol. The first kappa shape index (κ1) is 9.00. The lowest BCUT2D eigenvalue weighted by molar-refractivity contribution is 0.0214. The van der Waals surface area contributed by atoms with Gasteiger partial charge in [0.15, 0.2) is 0 Å². The maximum atomic E-state index is 6.02. The topological polar surface area (TPSA) is 35.2 Å². The van der Waals surface area contributed by atoms with Crippen LogP contribution in [0, 0.1) is 0 Å². The largest absolute Gasteiger partial charge is 0.372 e. The Labute approximate surface area is 82.6 Å². The first-order valence-electron chi connectivity index (χ1n) is 4.34. The van der Waals surface area contributed by atoms with Crippen molar-refractivity contribution < 1.29 is 4.74 Å². The van der Waals surface area contributed by atoms with Crippen molar-refractivity contribution in [1.29, 1.82) is 0 Å². The smallest absolute Gasteiger partial charge is 0.0744 e. The van der Waals surface area contributed by atoms with Gasteiger partial charge in [0, 0.05) is 10.6 Å². The van der Waals surface area contributed by atoms with Gasteiger partial charge in [0.2, 0.25) is 0 Å². The fraction of sp³-hybridized carbons (Fsp3) is 0.400. The minimum Gasteiger partial charge on any atom is -0.372 e. The van der Waals surface area contributed by atoms with Crippen LogP contribution in [-0.2, 0) is 11.3 Å². The van der Waals surface area contributed by atoms with Gasteiger partial charge in [-0.2, -0.15) is 0 Å². The van der Waals surface area contributed by atoms with Gasteiger partial charge in [-0.1, -0.05) is 23.7 Å². The number of fused-ring (bicyclic) bond motifs is 1. The Kier molecular flexibility index (Phi) is 2.28. The summed E-state index contributed by atoms with van der Waals surface area (Å²) in [6.45, 7) is 2.55. The monoisotopic (exact) mass is 197 g/mol. The van der Waals surface area contributed by atoms with Crippen LogP contribution in [0.1, 0.15) is 24.1 Å². The van der Waals surface area contributed by atoms with Crippen LogP contribution in [0.5, 0.6) is 0 Å². The summed E-state index contributed by atoms with van der Waals surface area (Å²) in [5, 5.41) is 0.750. The van der Waals surface area contributed by atoms with E-state index in [1.807, 2.05) is 25.1 Å². The Morgan fingerprint density at radius 3 is 3.08 bits per heavy atom. The lowest BCUT2D eigenvalue weighted by atomic mass is 9.95. The Hall–Kier alpha value is -0.570. The molecule has 3 heteroatoms. The molecule has 0 saturated heterocycles. The minimum absolute atomic E-state index is 0.0533. The summed E-state index contributed by atoms with van der Waals surface area (Å²) in [5.74, 6) is 0. The highest BCUT2D eigenvalue weighted by molar-refractivity contribution is 6.31. The summed E-state index contributed by atoms with van der Waals surface area (Å²) in [6.07, 6.45) is 0.0750. The van der Waals surface area contributed by atoms with Crippen LogP contribution in [0.2, 0.25) is 5.02 Å². The van der Waals surface area contributed by atoms with Crippen LogP contribution in [0.25, 0.3) is 0 Å². The van der Waals surface area contributed by atoms with Crippen molar-refractivity contribution in [2.75, 3.05) is 0 Å². The molecule has 0 aliphatic carbocycles. The number of rotatable bonds is 0. The fourth-order valence-electron chi connectivity index (χ4n) is 1.61. The first-order valence-corrected chi connectivity index (χ1v) is 4.72. The highest BCUT2D eigenvalue weighted by atomic mass is 35.5. The van der Waals surface area contributed by atoms with E-state index in [1.54, 1.807) is 0 Å². The molecule has 0 radical (unpaired) electrons. The Bertz CT molecular complexity index is 327. The Morgan fingerprint density at radius 2 is 2.31 bits per heavy atom. The molecule has 2 atom stereocenters. The van der Waals surface area contributed by atoms with Crippen LogP contribution < -0.4 is 5.73 Å². The van der Waals surface area contributed by atoms with Crippen LogP contribution >= 0.6 is 11.6 Å². The van der Waals surface area contributed by atoms with Crippen molar-refractivity contribution in [3.05, 3.63) is 34.3 Å². The van der Waals surface area contributed by atoms with Gasteiger partial charge in [-0.25, -0.2) is 0 Å². The van der Waals surface area contributed by atoms with Gasteiger partial charge < -0.3 is 10.5 Å². The maximum Gasteiger partial charge on any atom is 0.0744 e. The van der Waals surface area contributed by atoms with Gasteiger partial charge in [-0.3, -0.25) is 0 Å². The molecule has 1 aliphatic heterocycles. The summed E-state index contributed by atoms with van der Waals surface area (Å²) in [5.41, 5.74) is 8.13. The molecule has 1 aromatic carbocycles. The van der Waals surface area contributed by atoms with Crippen molar-refractivity contribution in [3.8, 4) is 0 Å². The highest BCUT2D eigenvalue weighted by Gasteiger charge is 2.24. The van der Waals surface area contributed by atoms with Crippen molar-refractivity contribution in [1.82, 2.24) is 0 Å². The molecule has 1 aromatic rings. The molecule has 0 fully saturated rings. The standard InChI is InChI=1S/C10H12ClNO/c1-6-10(12)7-3-2-4-9(11)8(7)5-13-6/h2-4,6,10H,5,12H2,1H3/t6-,10+/m0/s1. The molecule has 0 unspecified atom stereocenters. The van der Waals surface area contributed by atoms with E-state index in [1.165, 1.54) is 0 Å². The highest BCUT2D eigenvalue weighted by Crippen LogP contribution is 2.31. The van der Waals surface area contributed by atoms with Gasteiger partial charge in [0.05, 0.1) is 18.8 Å². The molecule has 0 aromatic heterocycles. The molecule has 2 nitrogen and oxygen atoms in total. The zero-order valence-electron chi connectivity index (χ0n) is 7.46. The maximum absolute atomic E-state index is 6.02. The molecule has 1 aliphatic rings.